The summed E-state index contributed by atoms with van der Waals surface area (Å²) >= 11 is 13.6. The average Bonchev–Trinajstić information content (AvgIpc) is 3.33. The van der Waals surface area contributed by atoms with E-state index < -0.39 is 23.8 Å². The highest BCUT2D eigenvalue weighted by Gasteiger charge is 2.42. The van der Waals surface area contributed by atoms with E-state index in [2.05, 4.69) is 15.3 Å². The smallest absolute Gasteiger partial charge is 0.336 e. The van der Waals surface area contributed by atoms with Crippen molar-refractivity contribution in [3.8, 4) is 11.3 Å². The van der Waals surface area contributed by atoms with Gasteiger partial charge in [0.15, 0.2) is 5.13 Å². The van der Waals surface area contributed by atoms with Gasteiger partial charge in [-0.25, -0.2) is 9.78 Å². The summed E-state index contributed by atoms with van der Waals surface area (Å²) in [6, 6.07) is 12.8. The third kappa shape index (κ3) is 5.16. The van der Waals surface area contributed by atoms with Crippen LogP contribution in [0.4, 0.5) is 10.8 Å². The minimum atomic E-state index is -0.760. The summed E-state index contributed by atoms with van der Waals surface area (Å²) in [5, 5.41) is 6.83. The molecule has 0 spiro atoms. The van der Waals surface area contributed by atoms with Crippen molar-refractivity contribution >= 4 is 63.0 Å². The van der Waals surface area contributed by atoms with Crippen LogP contribution in [0.15, 0.2) is 64.1 Å². The molecule has 0 bridgehead atoms. The number of thiazole rings is 1. The Morgan fingerprint density at radius 1 is 1.03 bits per heavy atom. The summed E-state index contributed by atoms with van der Waals surface area (Å²) in [5.74, 6) is -2.39. The van der Waals surface area contributed by atoms with Crippen molar-refractivity contribution in [1.82, 2.24) is 4.98 Å². The van der Waals surface area contributed by atoms with E-state index >= 15 is 0 Å². The van der Waals surface area contributed by atoms with Crippen molar-refractivity contribution in [3.05, 3.63) is 74.7 Å². The lowest BCUT2D eigenvalue weighted by molar-refractivity contribution is -0.143. The van der Waals surface area contributed by atoms with Crippen LogP contribution in [0.1, 0.15) is 25.3 Å². The van der Waals surface area contributed by atoms with Gasteiger partial charge in [-0.3, -0.25) is 9.79 Å². The molecule has 1 N–H and O–H groups in total. The lowest BCUT2D eigenvalue weighted by atomic mass is 9.75. The fourth-order valence-corrected chi connectivity index (χ4v) is 5.30. The number of aliphatic imine (C=N–C) groups is 1. The molecule has 0 amide bonds. The number of nitrogens with zero attached hydrogens (tertiary/aromatic N) is 2. The predicted molar refractivity (Wildman–Crippen MR) is 143 cm³/mol. The molecule has 0 saturated heterocycles. The highest BCUT2D eigenvalue weighted by Crippen LogP contribution is 2.41. The Labute approximate surface area is 222 Å². The highest BCUT2D eigenvalue weighted by atomic mass is 35.5. The fraction of sp³-hybridized carbons (Fsp3) is 0.231. The van der Waals surface area contributed by atoms with E-state index in [9.17, 15) is 9.59 Å². The number of rotatable bonds is 6. The molecule has 1 aliphatic heterocycles. The number of hydrogen-bond donors (Lipinski definition) is 1. The van der Waals surface area contributed by atoms with E-state index in [1.165, 1.54) is 25.6 Å². The Hall–Kier alpha value is -3.20. The zero-order valence-electron chi connectivity index (χ0n) is 20.0. The number of methoxy groups -OCH3 is 2. The van der Waals surface area contributed by atoms with Crippen LogP contribution in [0.25, 0.3) is 11.3 Å². The van der Waals surface area contributed by atoms with E-state index in [-0.39, 0.29) is 0 Å². The molecule has 1 aromatic heterocycles. The molecule has 2 atom stereocenters. The molecule has 10 heteroatoms. The molecule has 0 radical (unpaired) electrons. The first-order valence-corrected chi connectivity index (χ1v) is 12.6. The van der Waals surface area contributed by atoms with Crippen molar-refractivity contribution in [3.63, 3.8) is 0 Å². The quantitative estimate of drug-likeness (QED) is 0.350. The molecule has 2 aromatic carbocycles. The van der Waals surface area contributed by atoms with Gasteiger partial charge in [-0.05, 0) is 43.7 Å². The van der Waals surface area contributed by atoms with E-state index in [0.717, 1.165) is 22.5 Å². The van der Waals surface area contributed by atoms with Crippen molar-refractivity contribution in [1.29, 1.82) is 0 Å². The lowest BCUT2D eigenvalue weighted by Crippen LogP contribution is -2.36. The van der Waals surface area contributed by atoms with E-state index in [1.807, 2.05) is 35.7 Å². The topological polar surface area (TPSA) is 89.9 Å². The molecule has 3 aromatic rings. The summed E-state index contributed by atoms with van der Waals surface area (Å²) in [5.41, 5.74) is 4.50. The van der Waals surface area contributed by atoms with Gasteiger partial charge in [0, 0.05) is 34.0 Å². The van der Waals surface area contributed by atoms with E-state index in [1.54, 1.807) is 26.0 Å². The van der Waals surface area contributed by atoms with Crippen LogP contribution >= 0.6 is 34.5 Å². The Morgan fingerprint density at radius 2 is 1.81 bits per heavy atom. The number of carbonyl (C=O) groups excluding carboxylic acids is 2. The number of benzene rings is 2. The lowest BCUT2D eigenvalue weighted by Gasteiger charge is -2.31. The molecule has 0 aliphatic carbocycles. The summed E-state index contributed by atoms with van der Waals surface area (Å²) in [6.45, 7) is 3.49. The third-order valence-electron chi connectivity index (χ3n) is 5.91. The summed E-state index contributed by atoms with van der Waals surface area (Å²) < 4.78 is 10.1. The number of allylic oxidation sites excluding steroid dienone is 1. The normalized spacial score (nSPS) is 17.4. The van der Waals surface area contributed by atoms with Crippen LogP contribution in [-0.2, 0) is 19.1 Å². The van der Waals surface area contributed by atoms with Gasteiger partial charge in [0.2, 0.25) is 0 Å². The summed E-state index contributed by atoms with van der Waals surface area (Å²) in [6.07, 6.45) is 0. The predicted octanol–water partition coefficient (Wildman–Crippen LogP) is 6.65. The standard InChI is InChI=1S/C26H23Cl2N3O4S/c1-13-21(24(32)34-3)23(22(14(2)29-13)25(33)35-4)16-6-5-7-17(10-16)30-26-31-20(12-36-26)15-8-9-18(27)19(28)11-15/h5-12,21,23H,1-4H3,(H,30,31). The molecule has 1 aliphatic rings. The summed E-state index contributed by atoms with van der Waals surface area (Å²) in [7, 11) is 2.63. The second-order valence-electron chi connectivity index (χ2n) is 8.14. The van der Waals surface area contributed by atoms with Gasteiger partial charge in [0.25, 0.3) is 0 Å². The van der Waals surface area contributed by atoms with Crippen LogP contribution in [0, 0.1) is 5.92 Å². The summed E-state index contributed by atoms with van der Waals surface area (Å²) in [4.78, 5) is 34.6. The van der Waals surface area contributed by atoms with Crippen molar-refractivity contribution in [2.45, 2.75) is 19.8 Å². The molecule has 186 valence electrons. The molecule has 7 nitrogen and oxygen atoms in total. The third-order valence-corrected chi connectivity index (χ3v) is 7.40. The number of aromatic nitrogens is 1. The van der Waals surface area contributed by atoms with Crippen LogP contribution in [-0.4, -0.2) is 36.9 Å². The highest BCUT2D eigenvalue weighted by molar-refractivity contribution is 7.14. The number of esters is 2. The van der Waals surface area contributed by atoms with Gasteiger partial charge in [-0.1, -0.05) is 41.4 Å². The second-order valence-corrected chi connectivity index (χ2v) is 9.81. The fourth-order valence-electron chi connectivity index (χ4n) is 4.26. The number of hydrogen-bond acceptors (Lipinski definition) is 8. The average molecular weight is 544 g/mol. The molecular weight excluding hydrogens is 521 g/mol. The molecule has 36 heavy (non-hydrogen) atoms. The molecule has 0 saturated carbocycles. The monoisotopic (exact) mass is 543 g/mol. The van der Waals surface area contributed by atoms with Crippen LogP contribution in [0.5, 0.6) is 0 Å². The van der Waals surface area contributed by atoms with Crippen LogP contribution in [0.2, 0.25) is 10.0 Å². The van der Waals surface area contributed by atoms with Gasteiger partial charge < -0.3 is 14.8 Å². The maximum absolute atomic E-state index is 12.8. The number of nitrogens with one attached hydrogen (secondary N) is 1. The number of ether oxygens (including phenoxy) is 2. The maximum Gasteiger partial charge on any atom is 0.336 e. The first-order chi connectivity index (χ1) is 17.2. The number of halogens is 2. The minimum absolute atomic E-state index is 0.326. The molecule has 2 unspecified atom stereocenters. The van der Waals surface area contributed by atoms with Gasteiger partial charge in [-0.15, -0.1) is 11.3 Å². The maximum atomic E-state index is 12.8. The Kier molecular flexibility index (Phi) is 7.78. The Bertz CT molecular complexity index is 1400. The molecule has 4 rings (SSSR count). The molecular formula is C26H23Cl2N3O4S. The zero-order chi connectivity index (χ0) is 26.0. The first-order valence-electron chi connectivity index (χ1n) is 10.9. The Morgan fingerprint density at radius 3 is 2.50 bits per heavy atom. The van der Waals surface area contributed by atoms with Crippen molar-refractivity contribution in [2.24, 2.45) is 10.9 Å². The van der Waals surface area contributed by atoms with Gasteiger partial charge in [-0.2, -0.15) is 0 Å². The first kappa shape index (κ1) is 25.9. The largest absolute Gasteiger partial charge is 0.468 e. The Balaban J connectivity index is 1.68. The van der Waals surface area contributed by atoms with Crippen molar-refractivity contribution < 1.29 is 19.1 Å². The second kappa shape index (κ2) is 10.8. The number of anilines is 2. The molecule has 2 heterocycles. The van der Waals surface area contributed by atoms with Gasteiger partial charge in [0.05, 0.1) is 35.5 Å². The zero-order valence-corrected chi connectivity index (χ0v) is 22.3. The van der Waals surface area contributed by atoms with Crippen LogP contribution in [0.3, 0.4) is 0 Å². The SMILES string of the molecule is COC(=O)C1=C(C)N=C(C)C(C(=O)OC)C1c1cccc(Nc2nc(-c3ccc(Cl)c(Cl)c3)cs2)c1. The molecule has 0 fully saturated rings. The van der Waals surface area contributed by atoms with Gasteiger partial charge in [0.1, 0.15) is 5.92 Å². The van der Waals surface area contributed by atoms with E-state index in [4.69, 9.17) is 32.7 Å². The van der Waals surface area contributed by atoms with Gasteiger partial charge >= 0.3 is 11.9 Å². The van der Waals surface area contributed by atoms with Crippen LogP contribution < -0.4 is 5.32 Å². The van der Waals surface area contributed by atoms with Crippen molar-refractivity contribution in [2.75, 3.05) is 19.5 Å². The minimum Gasteiger partial charge on any atom is -0.468 e. The number of carbonyl (C=O) groups is 2. The van der Waals surface area contributed by atoms with E-state index in [0.29, 0.717) is 32.2 Å².